The molecule has 134 valence electrons. The Labute approximate surface area is 149 Å². The molecule has 1 aromatic carbocycles. The lowest BCUT2D eigenvalue weighted by Gasteiger charge is -2.41. The lowest BCUT2D eigenvalue weighted by Crippen LogP contribution is -2.53. The normalized spacial score (nSPS) is 19.9. The van der Waals surface area contributed by atoms with Crippen molar-refractivity contribution in [3.8, 4) is 0 Å². The van der Waals surface area contributed by atoms with Gasteiger partial charge in [0.25, 0.3) is 5.91 Å². The first-order valence-electron chi connectivity index (χ1n) is 8.80. The van der Waals surface area contributed by atoms with Gasteiger partial charge in [0.15, 0.2) is 0 Å². The smallest absolute Gasteiger partial charge is 0.254 e. The molecular formula is C20H27N3O2. The summed E-state index contributed by atoms with van der Waals surface area (Å²) in [4.78, 5) is 14.7. The molecule has 1 aromatic heterocycles. The topological polar surface area (TPSA) is 47.4 Å². The van der Waals surface area contributed by atoms with Crippen LogP contribution in [0.2, 0.25) is 0 Å². The number of carbonyl (C=O) groups is 1. The molecule has 1 unspecified atom stereocenters. The SMILES string of the molecule is Cc1cc(C)n(Cc2ccc(C(=O)N3CC(C)OC(C)(C)C3)cc2)n1. The standard InChI is InChI=1S/C20H27N3O2/c1-14-10-15(2)23(21-14)12-17-6-8-18(9-7-17)19(24)22-11-16(3)25-20(4,5)13-22/h6-10,16H,11-13H2,1-5H3. The molecule has 3 rings (SSSR count). The van der Waals surface area contributed by atoms with E-state index in [0.29, 0.717) is 13.1 Å². The number of rotatable bonds is 3. The molecule has 0 aliphatic carbocycles. The number of aromatic nitrogens is 2. The van der Waals surface area contributed by atoms with E-state index in [1.807, 2.05) is 61.5 Å². The van der Waals surface area contributed by atoms with E-state index in [-0.39, 0.29) is 17.6 Å². The molecule has 2 heterocycles. The van der Waals surface area contributed by atoms with Crippen molar-refractivity contribution in [3.63, 3.8) is 0 Å². The molecule has 0 spiro atoms. The summed E-state index contributed by atoms with van der Waals surface area (Å²) in [6.07, 6.45) is 0.0537. The molecule has 2 aromatic rings. The van der Waals surface area contributed by atoms with E-state index >= 15 is 0 Å². The molecule has 25 heavy (non-hydrogen) atoms. The number of aryl methyl sites for hydroxylation is 2. The largest absolute Gasteiger partial charge is 0.369 e. The van der Waals surface area contributed by atoms with E-state index < -0.39 is 0 Å². The van der Waals surface area contributed by atoms with E-state index in [2.05, 4.69) is 18.1 Å². The van der Waals surface area contributed by atoms with Gasteiger partial charge in [-0.05, 0) is 58.4 Å². The monoisotopic (exact) mass is 341 g/mol. The molecule has 0 bridgehead atoms. The van der Waals surface area contributed by atoms with Crippen LogP contribution >= 0.6 is 0 Å². The van der Waals surface area contributed by atoms with Crippen molar-refractivity contribution in [2.75, 3.05) is 13.1 Å². The number of amides is 1. The van der Waals surface area contributed by atoms with Gasteiger partial charge >= 0.3 is 0 Å². The molecule has 5 nitrogen and oxygen atoms in total. The van der Waals surface area contributed by atoms with E-state index in [9.17, 15) is 4.79 Å². The van der Waals surface area contributed by atoms with Crippen LogP contribution in [0.1, 0.15) is 48.1 Å². The van der Waals surface area contributed by atoms with Crippen LogP contribution in [-0.2, 0) is 11.3 Å². The fraction of sp³-hybridized carbons (Fsp3) is 0.500. The quantitative estimate of drug-likeness (QED) is 0.861. The van der Waals surface area contributed by atoms with Gasteiger partial charge in [-0.2, -0.15) is 5.10 Å². The Kier molecular flexibility index (Phi) is 4.69. The van der Waals surface area contributed by atoms with Crippen LogP contribution in [0.15, 0.2) is 30.3 Å². The summed E-state index contributed by atoms with van der Waals surface area (Å²) in [6, 6.07) is 9.92. The summed E-state index contributed by atoms with van der Waals surface area (Å²) in [7, 11) is 0. The maximum absolute atomic E-state index is 12.8. The second-order valence-electron chi connectivity index (χ2n) is 7.66. The number of carbonyl (C=O) groups excluding carboxylic acids is 1. The van der Waals surface area contributed by atoms with Gasteiger partial charge in [-0.3, -0.25) is 9.48 Å². The van der Waals surface area contributed by atoms with Gasteiger partial charge in [0.1, 0.15) is 0 Å². The van der Waals surface area contributed by atoms with E-state index in [1.165, 1.54) is 0 Å². The molecule has 1 saturated heterocycles. The first-order chi connectivity index (χ1) is 11.7. The lowest BCUT2D eigenvalue weighted by atomic mass is 10.0. The van der Waals surface area contributed by atoms with Crippen LogP contribution in [0.25, 0.3) is 0 Å². The van der Waals surface area contributed by atoms with Crippen LogP contribution < -0.4 is 0 Å². The Bertz CT molecular complexity index is 762. The highest BCUT2D eigenvalue weighted by molar-refractivity contribution is 5.94. The maximum Gasteiger partial charge on any atom is 0.254 e. The van der Waals surface area contributed by atoms with Crippen molar-refractivity contribution in [1.82, 2.24) is 14.7 Å². The fourth-order valence-electron chi connectivity index (χ4n) is 3.55. The van der Waals surface area contributed by atoms with Crippen LogP contribution in [0.3, 0.4) is 0 Å². The Balaban J connectivity index is 1.71. The van der Waals surface area contributed by atoms with Gasteiger partial charge in [-0.1, -0.05) is 12.1 Å². The molecule has 1 fully saturated rings. The van der Waals surface area contributed by atoms with Crippen LogP contribution in [0, 0.1) is 13.8 Å². The van der Waals surface area contributed by atoms with Crippen LogP contribution in [0.4, 0.5) is 0 Å². The number of benzene rings is 1. The van der Waals surface area contributed by atoms with Crippen molar-refractivity contribution in [2.45, 2.75) is 52.9 Å². The summed E-state index contributed by atoms with van der Waals surface area (Å²) in [5.74, 6) is 0.0703. The Morgan fingerprint density at radius 3 is 2.52 bits per heavy atom. The molecule has 1 aliphatic rings. The van der Waals surface area contributed by atoms with Crippen molar-refractivity contribution in [1.29, 1.82) is 0 Å². The molecule has 0 saturated carbocycles. The Hall–Kier alpha value is -2.14. The van der Waals surface area contributed by atoms with E-state index in [1.54, 1.807) is 0 Å². The van der Waals surface area contributed by atoms with Crippen molar-refractivity contribution in [2.24, 2.45) is 0 Å². The molecule has 1 aliphatic heterocycles. The zero-order valence-corrected chi connectivity index (χ0v) is 15.7. The summed E-state index contributed by atoms with van der Waals surface area (Å²) in [6.45, 7) is 12.1. The second-order valence-corrected chi connectivity index (χ2v) is 7.66. The van der Waals surface area contributed by atoms with Crippen LogP contribution in [0.5, 0.6) is 0 Å². The highest BCUT2D eigenvalue weighted by Crippen LogP contribution is 2.22. The molecule has 1 atom stereocenters. The lowest BCUT2D eigenvalue weighted by molar-refractivity contribution is -0.118. The minimum Gasteiger partial charge on any atom is -0.369 e. The molecule has 0 N–H and O–H groups in total. The highest BCUT2D eigenvalue weighted by Gasteiger charge is 2.33. The average Bonchev–Trinajstić information content (AvgIpc) is 2.83. The number of hydrogen-bond donors (Lipinski definition) is 0. The number of hydrogen-bond acceptors (Lipinski definition) is 3. The third-order valence-corrected chi connectivity index (χ3v) is 4.49. The van der Waals surface area contributed by atoms with Crippen molar-refractivity contribution < 1.29 is 9.53 Å². The predicted molar refractivity (Wildman–Crippen MR) is 97.8 cm³/mol. The third kappa shape index (κ3) is 4.10. The summed E-state index contributed by atoms with van der Waals surface area (Å²) in [5, 5.41) is 4.49. The Morgan fingerprint density at radius 1 is 1.28 bits per heavy atom. The molecular weight excluding hydrogens is 314 g/mol. The minimum absolute atomic E-state index is 0.0537. The zero-order chi connectivity index (χ0) is 18.2. The minimum atomic E-state index is -0.303. The van der Waals surface area contributed by atoms with Gasteiger partial charge in [0.05, 0.1) is 23.9 Å². The number of ether oxygens (including phenoxy) is 1. The molecule has 1 amide bonds. The second kappa shape index (κ2) is 6.64. The Morgan fingerprint density at radius 2 is 1.96 bits per heavy atom. The van der Waals surface area contributed by atoms with Gasteiger partial charge < -0.3 is 9.64 Å². The van der Waals surface area contributed by atoms with Gasteiger partial charge in [-0.25, -0.2) is 0 Å². The van der Waals surface area contributed by atoms with Gasteiger partial charge in [-0.15, -0.1) is 0 Å². The van der Waals surface area contributed by atoms with E-state index in [4.69, 9.17) is 4.74 Å². The maximum atomic E-state index is 12.8. The van der Waals surface area contributed by atoms with Gasteiger partial charge in [0.2, 0.25) is 0 Å². The average molecular weight is 341 g/mol. The van der Waals surface area contributed by atoms with E-state index in [0.717, 1.165) is 29.1 Å². The summed E-state index contributed by atoms with van der Waals surface area (Å²) >= 11 is 0. The first-order valence-corrected chi connectivity index (χ1v) is 8.80. The highest BCUT2D eigenvalue weighted by atomic mass is 16.5. The first kappa shape index (κ1) is 17.7. The number of morpholine rings is 1. The predicted octanol–water partition coefficient (Wildman–Crippen LogP) is 3.19. The molecule has 0 radical (unpaired) electrons. The van der Waals surface area contributed by atoms with Crippen molar-refractivity contribution in [3.05, 3.63) is 52.8 Å². The third-order valence-electron chi connectivity index (χ3n) is 4.49. The van der Waals surface area contributed by atoms with Gasteiger partial charge in [0, 0.05) is 24.3 Å². The fourth-order valence-corrected chi connectivity index (χ4v) is 3.55. The zero-order valence-electron chi connectivity index (χ0n) is 15.7. The molecule has 5 heteroatoms. The summed E-state index contributed by atoms with van der Waals surface area (Å²) < 4.78 is 7.87. The van der Waals surface area contributed by atoms with Crippen LogP contribution in [-0.4, -0.2) is 45.4 Å². The van der Waals surface area contributed by atoms with Crippen molar-refractivity contribution >= 4 is 5.91 Å². The number of nitrogens with zero attached hydrogens (tertiary/aromatic N) is 3. The summed E-state index contributed by atoms with van der Waals surface area (Å²) in [5.41, 5.74) is 3.72.